The van der Waals surface area contributed by atoms with Crippen molar-refractivity contribution in [1.29, 1.82) is 0 Å². The van der Waals surface area contributed by atoms with Crippen LogP contribution in [0.4, 0.5) is 19.0 Å². The van der Waals surface area contributed by atoms with Crippen LogP contribution in [-0.4, -0.2) is 21.5 Å². The van der Waals surface area contributed by atoms with Gasteiger partial charge in [-0.2, -0.15) is 13.2 Å². The van der Waals surface area contributed by atoms with E-state index in [1.54, 1.807) is 25.3 Å². The lowest BCUT2D eigenvalue weighted by molar-refractivity contribution is -0.145. The Morgan fingerprint density at radius 1 is 1.33 bits per heavy atom. The van der Waals surface area contributed by atoms with Crippen molar-refractivity contribution in [1.82, 2.24) is 15.0 Å². The first-order chi connectivity index (χ1) is 9.90. The van der Waals surface area contributed by atoms with Crippen molar-refractivity contribution in [3.05, 3.63) is 34.7 Å². The van der Waals surface area contributed by atoms with Crippen LogP contribution in [-0.2, 0) is 6.18 Å². The summed E-state index contributed by atoms with van der Waals surface area (Å²) < 4.78 is 39.1. The fourth-order valence-corrected chi connectivity index (χ4v) is 2.70. The standard InChI is InChI=1S/C12H10BrF3N4S/c1-2-17-8-6-9(20-11(19-8)12(14,15)16)21-10-7(13)4-3-5-18-10/h3-6H,2H2,1H3,(H,17,19,20). The monoisotopic (exact) mass is 378 g/mol. The fourth-order valence-electron chi connectivity index (χ4n) is 1.42. The number of anilines is 1. The minimum atomic E-state index is -4.60. The molecule has 0 aliphatic rings. The Morgan fingerprint density at radius 2 is 2.10 bits per heavy atom. The van der Waals surface area contributed by atoms with E-state index in [0.717, 1.165) is 11.8 Å². The molecule has 0 saturated heterocycles. The highest BCUT2D eigenvalue weighted by Gasteiger charge is 2.35. The normalized spacial score (nSPS) is 11.5. The van der Waals surface area contributed by atoms with Crippen LogP contribution >= 0.6 is 27.7 Å². The second kappa shape index (κ2) is 6.61. The highest BCUT2D eigenvalue weighted by atomic mass is 79.9. The number of alkyl halides is 3. The van der Waals surface area contributed by atoms with Crippen LogP contribution in [0, 0.1) is 0 Å². The minimum Gasteiger partial charge on any atom is -0.370 e. The van der Waals surface area contributed by atoms with Crippen molar-refractivity contribution in [2.24, 2.45) is 0 Å². The average Bonchev–Trinajstić information content (AvgIpc) is 2.41. The molecule has 0 unspecified atom stereocenters. The summed E-state index contributed by atoms with van der Waals surface area (Å²) in [6.07, 6.45) is -3.04. The summed E-state index contributed by atoms with van der Waals surface area (Å²) in [4.78, 5) is 11.1. The van der Waals surface area contributed by atoms with Crippen molar-refractivity contribution in [3.8, 4) is 0 Å². The van der Waals surface area contributed by atoms with Gasteiger partial charge in [0, 0.05) is 18.8 Å². The summed E-state index contributed by atoms with van der Waals surface area (Å²) in [6.45, 7) is 2.24. The molecular formula is C12H10BrF3N4S. The van der Waals surface area contributed by atoms with Crippen LogP contribution in [0.5, 0.6) is 0 Å². The maximum atomic E-state index is 12.8. The molecule has 0 fully saturated rings. The summed E-state index contributed by atoms with van der Waals surface area (Å²) in [5.74, 6) is -1.04. The molecule has 2 aromatic heterocycles. The lowest BCUT2D eigenvalue weighted by Gasteiger charge is -2.10. The number of hydrogen-bond acceptors (Lipinski definition) is 5. The quantitative estimate of drug-likeness (QED) is 0.806. The molecule has 2 aromatic rings. The van der Waals surface area contributed by atoms with Gasteiger partial charge in [0.1, 0.15) is 15.9 Å². The first-order valence-electron chi connectivity index (χ1n) is 5.88. The SMILES string of the molecule is CCNc1cc(Sc2ncccc2Br)nc(C(F)(F)F)n1. The molecule has 1 N–H and O–H groups in total. The molecule has 0 radical (unpaired) electrons. The van der Waals surface area contributed by atoms with Crippen molar-refractivity contribution in [2.75, 3.05) is 11.9 Å². The van der Waals surface area contributed by atoms with Crippen molar-refractivity contribution in [3.63, 3.8) is 0 Å². The van der Waals surface area contributed by atoms with Gasteiger partial charge in [0.05, 0.1) is 4.47 Å². The first kappa shape index (κ1) is 16.0. The molecule has 0 spiro atoms. The molecule has 112 valence electrons. The molecule has 4 nitrogen and oxygen atoms in total. The molecule has 0 aliphatic heterocycles. The third-order valence-electron chi connectivity index (χ3n) is 2.24. The molecule has 0 amide bonds. The van der Waals surface area contributed by atoms with Gasteiger partial charge >= 0.3 is 6.18 Å². The highest BCUT2D eigenvalue weighted by Crippen LogP contribution is 2.34. The Labute approximate surface area is 131 Å². The number of rotatable bonds is 4. The molecule has 9 heteroatoms. The van der Waals surface area contributed by atoms with E-state index in [4.69, 9.17) is 0 Å². The predicted molar refractivity (Wildman–Crippen MR) is 77.3 cm³/mol. The second-order valence-electron chi connectivity index (χ2n) is 3.84. The third kappa shape index (κ3) is 4.31. The molecule has 0 atom stereocenters. The Kier molecular flexibility index (Phi) is 5.04. The van der Waals surface area contributed by atoms with E-state index in [1.807, 2.05) is 0 Å². The van der Waals surface area contributed by atoms with E-state index < -0.39 is 12.0 Å². The van der Waals surface area contributed by atoms with Gasteiger partial charge in [-0.25, -0.2) is 15.0 Å². The Balaban J connectivity index is 2.38. The minimum absolute atomic E-state index is 0.134. The number of nitrogens with zero attached hydrogens (tertiary/aromatic N) is 3. The van der Waals surface area contributed by atoms with Gasteiger partial charge in [-0.05, 0) is 46.7 Å². The van der Waals surface area contributed by atoms with E-state index in [-0.39, 0.29) is 10.8 Å². The number of nitrogens with one attached hydrogen (secondary N) is 1. The molecule has 0 saturated carbocycles. The summed E-state index contributed by atoms with van der Waals surface area (Å²) >= 11 is 4.33. The zero-order valence-corrected chi connectivity index (χ0v) is 13.2. The fraction of sp³-hybridized carbons (Fsp3) is 0.250. The maximum Gasteiger partial charge on any atom is 0.451 e. The van der Waals surface area contributed by atoms with E-state index in [1.165, 1.54) is 6.07 Å². The van der Waals surface area contributed by atoms with Gasteiger partial charge in [0.15, 0.2) is 0 Å². The molecule has 0 bridgehead atoms. The zero-order valence-electron chi connectivity index (χ0n) is 10.8. The van der Waals surface area contributed by atoms with E-state index in [2.05, 4.69) is 36.2 Å². The van der Waals surface area contributed by atoms with Crippen LogP contribution in [0.3, 0.4) is 0 Å². The number of aromatic nitrogens is 3. The molecule has 21 heavy (non-hydrogen) atoms. The van der Waals surface area contributed by atoms with Crippen molar-refractivity contribution >= 4 is 33.5 Å². The van der Waals surface area contributed by atoms with Crippen LogP contribution < -0.4 is 5.32 Å². The average molecular weight is 379 g/mol. The van der Waals surface area contributed by atoms with Gasteiger partial charge < -0.3 is 5.32 Å². The third-order valence-corrected chi connectivity index (χ3v) is 4.08. The summed E-state index contributed by atoms with van der Waals surface area (Å²) in [5.41, 5.74) is 0. The molecular weight excluding hydrogens is 369 g/mol. The van der Waals surface area contributed by atoms with Crippen molar-refractivity contribution in [2.45, 2.75) is 23.2 Å². The maximum absolute atomic E-state index is 12.8. The van der Waals surface area contributed by atoms with Gasteiger partial charge in [0.25, 0.3) is 0 Å². The van der Waals surface area contributed by atoms with Crippen LogP contribution in [0.15, 0.2) is 38.9 Å². The van der Waals surface area contributed by atoms with Gasteiger partial charge in [-0.15, -0.1) is 0 Å². The lowest BCUT2D eigenvalue weighted by Crippen LogP contribution is -2.13. The topological polar surface area (TPSA) is 50.7 Å². The Bertz CT molecular complexity index is 636. The van der Waals surface area contributed by atoms with Crippen LogP contribution in [0.25, 0.3) is 0 Å². The smallest absolute Gasteiger partial charge is 0.370 e. The molecule has 0 aromatic carbocycles. The summed E-state index contributed by atoms with van der Waals surface area (Å²) in [6, 6.07) is 4.94. The summed E-state index contributed by atoms with van der Waals surface area (Å²) in [7, 11) is 0. The largest absolute Gasteiger partial charge is 0.451 e. The zero-order chi connectivity index (χ0) is 15.5. The lowest BCUT2D eigenvalue weighted by atomic mass is 10.5. The Hall–Kier alpha value is -1.35. The highest BCUT2D eigenvalue weighted by molar-refractivity contribution is 9.10. The van der Waals surface area contributed by atoms with Crippen LogP contribution in [0.2, 0.25) is 0 Å². The first-order valence-corrected chi connectivity index (χ1v) is 7.49. The molecule has 2 rings (SSSR count). The number of hydrogen-bond donors (Lipinski definition) is 1. The van der Waals surface area contributed by atoms with E-state index in [9.17, 15) is 13.2 Å². The van der Waals surface area contributed by atoms with Crippen molar-refractivity contribution < 1.29 is 13.2 Å². The van der Waals surface area contributed by atoms with Gasteiger partial charge in [0.2, 0.25) is 5.82 Å². The molecule has 2 heterocycles. The van der Waals surface area contributed by atoms with Crippen LogP contribution in [0.1, 0.15) is 12.7 Å². The van der Waals surface area contributed by atoms with E-state index in [0.29, 0.717) is 16.0 Å². The van der Waals surface area contributed by atoms with E-state index >= 15 is 0 Å². The second-order valence-corrected chi connectivity index (χ2v) is 5.70. The Morgan fingerprint density at radius 3 is 2.71 bits per heavy atom. The molecule has 0 aliphatic carbocycles. The van der Waals surface area contributed by atoms with Gasteiger partial charge in [-0.1, -0.05) is 0 Å². The number of pyridine rings is 1. The predicted octanol–water partition coefficient (Wildman–Crippen LogP) is 4.24. The summed E-state index contributed by atoms with van der Waals surface area (Å²) in [5, 5.41) is 3.47. The van der Waals surface area contributed by atoms with Gasteiger partial charge in [-0.3, -0.25) is 0 Å². The number of halogens is 4.